The summed E-state index contributed by atoms with van der Waals surface area (Å²) in [5.41, 5.74) is 3.40. The number of nitrogens with zero attached hydrogens (tertiary/aromatic N) is 2. The van der Waals surface area contributed by atoms with E-state index in [0.717, 1.165) is 36.9 Å². The molecule has 1 atom stereocenters. The van der Waals surface area contributed by atoms with Gasteiger partial charge in [0, 0.05) is 24.7 Å². The van der Waals surface area contributed by atoms with Gasteiger partial charge in [0.25, 0.3) is 0 Å². The smallest absolute Gasteiger partial charge is 0.194 e. The highest BCUT2D eigenvalue weighted by molar-refractivity contribution is 5.80. The van der Waals surface area contributed by atoms with E-state index in [2.05, 4.69) is 48.3 Å². The lowest BCUT2D eigenvalue weighted by Crippen LogP contribution is -2.48. The SMILES string of the molecule is CCNC(=NCc1cc(OC)c(OC)cc1OC)N1CCOC(c2ccccc2C)C1. The predicted molar refractivity (Wildman–Crippen MR) is 122 cm³/mol. The molecule has 1 saturated heterocycles. The van der Waals surface area contributed by atoms with Crippen molar-refractivity contribution in [3.63, 3.8) is 0 Å². The minimum Gasteiger partial charge on any atom is -0.496 e. The van der Waals surface area contributed by atoms with Crippen molar-refractivity contribution in [2.75, 3.05) is 47.6 Å². The molecule has 1 heterocycles. The molecular formula is C24H33N3O4. The van der Waals surface area contributed by atoms with Gasteiger partial charge in [-0.2, -0.15) is 0 Å². The Labute approximate surface area is 185 Å². The van der Waals surface area contributed by atoms with Crippen molar-refractivity contribution >= 4 is 5.96 Å². The fourth-order valence-electron chi connectivity index (χ4n) is 3.78. The van der Waals surface area contributed by atoms with Crippen LogP contribution in [0.5, 0.6) is 17.2 Å². The highest BCUT2D eigenvalue weighted by atomic mass is 16.5. The molecule has 2 aromatic carbocycles. The molecule has 2 aromatic rings. The van der Waals surface area contributed by atoms with E-state index in [1.807, 2.05) is 12.1 Å². The molecule has 7 nitrogen and oxygen atoms in total. The first kappa shape index (κ1) is 22.7. The molecule has 168 valence electrons. The molecule has 1 N–H and O–H groups in total. The summed E-state index contributed by atoms with van der Waals surface area (Å²) in [5, 5.41) is 3.42. The lowest BCUT2D eigenvalue weighted by molar-refractivity contribution is -0.00834. The zero-order valence-corrected chi connectivity index (χ0v) is 19.1. The predicted octanol–water partition coefficient (Wildman–Crippen LogP) is 3.56. The number of morpholine rings is 1. The van der Waals surface area contributed by atoms with E-state index in [1.54, 1.807) is 21.3 Å². The summed E-state index contributed by atoms with van der Waals surface area (Å²) in [6.07, 6.45) is 0.0226. The van der Waals surface area contributed by atoms with Crippen LogP contribution >= 0.6 is 0 Å². The van der Waals surface area contributed by atoms with Crippen LogP contribution in [0.25, 0.3) is 0 Å². The van der Waals surface area contributed by atoms with Crippen molar-refractivity contribution in [2.45, 2.75) is 26.5 Å². The van der Waals surface area contributed by atoms with Crippen LogP contribution < -0.4 is 19.5 Å². The fraction of sp³-hybridized carbons (Fsp3) is 0.458. The van der Waals surface area contributed by atoms with Crippen LogP contribution in [0, 0.1) is 6.92 Å². The van der Waals surface area contributed by atoms with Crippen LogP contribution in [0.2, 0.25) is 0 Å². The summed E-state index contributed by atoms with van der Waals surface area (Å²) in [7, 11) is 4.89. The average molecular weight is 428 g/mol. The zero-order valence-electron chi connectivity index (χ0n) is 19.1. The molecule has 1 fully saturated rings. The monoisotopic (exact) mass is 427 g/mol. The Hall–Kier alpha value is -2.93. The lowest BCUT2D eigenvalue weighted by atomic mass is 10.0. The zero-order chi connectivity index (χ0) is 22.2. The molecule has 31 heavy (non-hydrogen) atoms. The maximum Gasteiger partial charge on any atom is 0.194 e. The van der Waals surface area contributed by atoms with Crippen molar-refractivity contribution in [3.8, 4) is 17.2 Å². The molecule has 1 aliphatic rings. The summed E-state index contributed by atoms with van der Waals surface area (Å²) < 4.78 is 22.5. The Morgan fingerprint density at radius 2 is 1.81 bits per heavy atom. The molecule has 0 spiro atoms. The van der Waals surface area contributed by atoms with Gasteiger partial charge in [-0.3, -0.25) is 0 Å². The van der Waals surface area contributed by atoms with Crippen LogP contribution in [0.15, 0.2) is 41.4 Å². The minimum atomic E-state index is 0.0226. The van der Waals surface area contributed by atoms with Crippen molar-refractivity contribution in [1.29, 1.82) is 0 Å². The molecule has 7 heteroatoms. The first-order chi connectivity index (χ1) is 15.1. The van der Waals surface area contributed by atoms with Gasteiger partial charge in [0.1, 0.15) is 11.9 Å². The van der Waals surface area contributed by atoms with Gasteiger partial charge in [0.15, 0.2) is 17.5 Å². The van der Waals surface area contributed by atoms with E-state index in [1.165, 1.54) is 11.1 Å². The van der Waals surface area contributed by atoms with Crippen LogP contribution in [0.1, 0.15) is 29.7 Å². The van der Waals surface area contributed by atoms with Gasteiger partial charge in [0.2, 0.25) is 0 Å². The molecule has 0 radical (unpaired) electrons. The normalized spacial score (nSPS) is 16.7. The molecule has 0 aromatic heterocycles. The number of hydrogen-bond donors (Lipinski definition) is 1. The van der Waals surface area contributed by atoms with Gasteiger partial charge in [-0.25, -0.2) is 4.99 Å². The van der Waals surface area contributed by atoms with E-state index in [4.69, 9.17) is 23.9 Å². The summed E-state index contributed by atoms with van der Waals surface area (Å²) in [6.45, 7) is 7.64. The molecule has 3 rings (SSSR count). The van der Waals surface area contributed by atoms with Gasteiger partial charge in [0.05, 0.1) is 41.0 Å². The molecule has 0 saturated carbocycles. The average Bonchev–Trinajstić information content (AvgIpc) is 2.81. The third kappa shape index (κ3) is 5.41. The summed E-state index contributed by atoms with van der Waals surface area (Å²) in [5.74, 6) is 2.87. The van der Waals surface area contributed by atoms with E-state index >= 15 is 0 Å². The third-order valence-corrected chi connectivity index (χ3v) is 5.42. The Bertz CT molecular complexity index is 900. The van der Waals surface area contributed by atoms with Crippen LogP contribution in [-0.2, 0) is 11.3 Å². The van der Waals surface area contributed by atoms with Crippen LogP contribution in [-0.4, -0.2) is 58.4 Å². The lowest BCUT2D eigenvalue weighted by Gasteiger charge is -2.35. The molecular weight excluding hydrogens is 394 g/mol. The summed E-state index contributed by atoms with van der Waals surface area (Å²) >= 11 is 0. The second-order valence-corrected chi connectivity index (χ2v) is 7.35. The van der Waals surface area contributed by atoms with Crippen LogP contribution in [0.4, 0.5) is 0 Å². The summed E-state index contributed by atoms with van der Waals surface area (Å²) in [6, 6.07) is 12.1. The number of aliphatic imine (C=N–C) groups is 1. The number of methoxy groups -OCH3 is 3. The highest BCUT2D eigenvalue weighted by Crippen LogP contribution is 2.35. The van der Waals surface area contributed by atoms with Crippen LogP contribution in [0.3, 0.4) is 0 Å². The third-order valence-electron chi connectivity index (χ3n) is 5.42. The standard InChI is InChI=1S/C24H33N3O4/c1-6-25-24(26-15-18-13-21(29-4)22(30-5)14-20(18)28-3)27-11-12-31-23(16-27)19-10-8-7-9-17(19)2/h7-10,13-14,23H,6,11-12,15-16H2,1-5H3,(H,25,26). The van der Waals surface area contributed by atoms with Gasteiger partial charge >= 0.3 is 0 Å². The molecule has 0 amide bonds. The number of rotatable bonds is 7. The Kier molecular flexibility index (Phi) is 8.00. The van der Waals surface area contributed by atoms with Gasteiger partial charge in [-0.15, -0.1) is 0 Å². The first-order valence-corrected chi connectivity index (χ1v) is 10.6. The van der Waals surface area contributed by atoms with Gasteiger partial charge < -0.3 is 29.2 Å². The summed E-state index contributed by atoms with van der Waals surface area (Å²) in [4.78, 5) is 7.16. The maximum absolute atomic E-state index is 6.08. The van der Waals surface area contributed by atoms with Crippen molar-refractivity contribution in [1.82, 2.24) is 10.2 Å². The Morgan fingerprint density at radius 3 is 2.48 bits per heavy atom. The topological polar surface area (TPSA) is 64.6 Å². The van der Waals surface area contributed by atoms with Crippen molar-refractivity contribution in [2.24, 2.45) is 4.99 Å². The van der Waals surface area contributed by atoms with E-state index in [0.29, 0.717) is 24.7 Å². The minimum absolute atomic E-state index is 0.0226. The largest absolute Gasteiger partial charge is 0.496 e. The Balaban J connectivity index is 1.82. The quantitative estimate of drug-likeness (QED) is 0.539. The molecule has 0 aliphatic carbocycles. The second-order valence-electron chi connectivity index (χ2n) is 7.35. The number of guanidine groups is 1. The van der Waals surface area contributed by atoms with Crippen molar-refractivity contribution in [3.05, 3.63) is 53.1 Å². The maximum atomic E-state index is 6.08. The second kappa shape index (κ2) is 10.9. The Morgan fingerprint density at radius 1 is 1.10 bits per heavy atom. The van der Waals surface area contributed by atoms with E-state index in [9.17, 15) is 0 Å². The number of ether oxygens (including phenoxy) is 4. The molecule has 1 unspecified atom stereocenters. The molecule has 0 bridgehead atoms. The van der Waals surface area contributed by atoms with Crippen molar-refractivity contribution < 1.29 is 18.9 Å². The number of benzene rings is 2. The first-order valence-electron chi connectivity index (χ1n) is 10.6. The molecule has 1 aliphatic heterocycles. The van der Waals surface area contributed by atoms with Gasteiger partial charge in [-0.1, -0.05) is 24.3 Å². The number of aryl methyl sites for hydroxylation is 1. The fourth-order valence-corrected chi connectivity index (χ4v) is 3.78. The number of hydrogen-bond acceptors (Lipinski definition) is 5. The van der Waals surface area contributed by atoms with E-state index in [-0.39, 0.29) is 6.10 Å². The van der Waals surface area contributed by atoms with E-state index < -0.39 is 0 Å². The van der Waals surface area contributed by atoms with Gasteiger partial charge in [-0.05, 0) is 31.0 Å². The highest BCUT2D eigenvalue weighted by Gasteiger charge is 2.25. The number of nitrogens with one attached hydrogen (secondary N) is 1.